The zero-order valence-electron chi connectivity index (χ0n) is 12.7. The number of anilines is 2. The lowest BCUT2D eigenvalue weighted by molar-refractivity contribution is -0.120. The molecule has 0 radical (unpaired) electrons. The standard InChI is InChI=1S/C17H13Cl2N3O2/c1-11(23)22(16-7-4-13(18)8-15(16)19)10-17(24)21-14-5-2-12(9-20)3-6-14/h2-8H,10H2,1H3,(H,21,24). The van der Waals surface area contributed by atoms with Crippen LogP contribution in [0.1, 0.15) is 12.5 Å². The summed E-state index contributed by atoms with van der Waals surface area (Å²) in [5, 5.41) is 12.1. The van der Waals surface area contributed by atoms with Gasteiger partial charge in [0.25, 0.3) is 0 Å². The summed E-state index contributed by atoms with van der Waals surface area (Å²) in [6, 6.07) is 13.1. The van der Waals surface area contributed by atoms with Crippen LogP contribution in [0.2, 0.25) is 10.0 Å². The van der Waals surface area contributed by atoms with Gasteiger partial charge in [-0.05, 0) is 42.5 Å². The zero-order chi connectivity index (χ0) is 17.7. The number of carbonyl (C=O) groups excluding carboxylic acids is 2. The molecule has 0 aliphatic rings. The predicted octanol–water partition coefficient (Wildman–Crippen LogP) is 3.86. The van der Waals surface area contributed by atoms with Crippen molar-refractivity contribution >= 4 is 46.4 Å². The quantitative estimate of drug-likeness (QED) is 0.898. The van der Waals surface area contributed by atoms with E-state index < -0.39 is 0 Å². The summed E-state index contributed by atoms with van der Waals surface area (Å²) in [4.78, 5) is 25.3. The highest BCUT2D eigenvalue weighted by Crippen LogP contribution is 2.29. The van der Waals surface area contributed by atoms with Crippen molar-refractivity contribution in [1.82, 2.24) is 0 Å². The fraction of sp³-hybridized carbons (Fsp3) is 0.118. The molecule has 5 nitrogen and oxygen atoms in total. The first-order valence-electron chi connectivity index (χ1n) is 6.94. The van der Waals surface area contributed by atoms with E-state index in [2.05, 4.69) is 5.32 Å². The molecular weight excluding hydrogens is 349 g/mol. The first kappa shape index (κ1) is 17.8. The Bertz CT molecular complexity index is 814. The Kier molecular flexibility index (Phi) is 5.80. The Labute approximate surface area is 149 Å². The molecule has 2 aromatic carbocycles. The van der Waals surface area contributed by atoms with E-state index in [1.807, 2.05) is 6.07 Å². The summed E-state index contributed by atoms with van der Waals surface area (Å²) in [7, 11) is 0. The second-order valence-corrected chi connectivity index (χ2v) is 5.78. The van der Waals surface area contributed by atoms with Crippen molar-refractivity contribution in [2.75, 3.05) is 16.8 Å². The van der Waals surface area contributed by atoms with Gasteiger partial charge in [-0.3, -0.25) is 9.59 Å². The van der Waals surface area contributed by atoms with Gasteiger partial charge in [-0.1, -0.05) is 23.2 Å². The molecule has 0 aliphatic carbocycles. The highest BCUT2D eigenvalue weighted by atomic mass is 35.5. The van der Waals surface area contributed by atoms with E-state index in [-0.39, 0.29) is 23.4 Å². The van der Waals surface area contributed by atoms with Crippen LogP contribution in [0.25, 0.3) is 0 Å². The molecule has 24 heavy (non-hydrogen) atoms. The minimum atomic E-state index is -0.388. The van der Waals surface area contributed by atoms with Gasteiger partial charge < -0.3 is 10.2 Å². The summed E-state index contributed by atoms with van der Waals surface area (Å²) < 4.78 is 0. The van der Waals surface area contributed by atoms with Gasteiger partial charge in [0.1, 0.15) is 6.54 Å². The fourth-order valence-electron chi connectivity index (χ4n) is 2.04. The fourth-order valence-corrected chi connectivity index (χ4v) is 2.55. The van der Waals surface area contributed by atoms with Crippen LogP contribution in [-0.2, 0) is 9.59 Å². The van der Waals surface area contributed by atoms with Crippen molar-refractivity contribution in [1.29, 1.82) is 5.26 Å². The average molecular weight is 362 g/mol. The number of carbonyl (C=O) groups is 2. The van der Waals surface area contributed by atoms with Crippen LogP contribution in [0, 0.1) is 11.3 Å². The minimum absolute atomic E-state index is 0.198. The number of hydrogen-bond acceptors (Lipinski definition) is 3. The third kappa shape index (κ3) is 4.48. The van der Waals surface area contributed by atoms with Gasteiger partial charge in [0.15, 0.2) is 0 Å². The van der Waals surface area contributed by atoms with E-state index in [9.17, 15) is 9.59 Å². The molecular formula is C17H13Cl2N3O2. The Hall–Kier alpha value is -2.55. The van der Waals surface area contributed by atoms with Crippen molar-refractivity contribution in [2.45, 2.75) is 6.92 Å². The second kappa shape index (κ2) is 7.82. The van der Waals surface area contributed by atoms with Gasteiger partial charge in [0.2, 0.25) is 11.8 Å². The summed E-state index contributed by atoms with van der Waals surface area (Å²) in [5.41, 5.74) is 1.43. The lowest BCUT2D eigenvalue weighted by Gasteiger charge is -2.22. The number of nitriles is 1. The van der Waals surface area contributed by atoms with Crippen molar-refractivity contribution in [3.8, 4) is 6.07 Å². The Balaban J connectivity index is 2.13. The van der Waals surface area contributed by atoms with Gasteiger partial charge in [-0.15, -0.1) is 0 Å². The molecule has 2 amide bonds. The van der Waals surface area contributed by atoms with Crippen LogP contribution in [0.4, 0.5) is 11.4 Å². The van der Waals surface area contributed by atoms with Crippen LogP contribution in [-0.4, -0.2) is 18.4 Å². The minimum Gasteiger partial charge on any atom is -0.325 e. The number of halogens is 2. The van der Waals surface area contributed by atoms with Crippen molar-refractivity contribution in [2.24, 2.45) is 0 Å². The molecule has 1 N–H and O–H groups in total. The number of rotatable bonds is 4. The molecule has 0 bridgehead atoms. The lowest BCUT2D eigenvalue weighted by atomic mass is 10.2. The number of benzene rings is 2. The van der Waals surface area contributed by atoms with E-state index in [4.69, 9.17) is 28.5 Å². The van der Waals surface area contributed by atoms with E-state index >= 15 is 0 Å². The molecule has 7 heteroatoms. The number of nitrogens with zero attached hydrogens (tertiary/aromatic N) is 2. The third-order valence-electron chi connectivity index (χ3n) is 3.18. The van der Waals surface area contributed by atoms with Crippen molar-refractivity contribution in [3.05, 3.63) is 58.1 Å². The molecule has 0 atom stereocenters. The van der Waals surface area contributed by atoms with Crippen LogP contribution < -0.4 is 10.2 Å². The van der Waals surface area contributed by atoms with Crippen LogP contribution in [0.3, 0.4) is 0 Å². The number of nitrogens with one attached hydrogen (secondary N) is 1. The van der Waals surface area contributed by atoms with E-state index in [1.54, 1.807) is 36.4 Å². The number of hydrogen-bond donors (Lipinski definition) is 1. The maximum atomic E-state index is 12.2. The average Bonchev–Trinajstić information content (AvgIpc) is 2.54. The monoisotopic (exact) mass is 361 g/mol. The van der Waals surface area contributed by atoms with Gasteiger partial charge in [0, 0.05) is 17.6 Å². The normalized spacial score (nSPS) is 9.92. The largest absolute Gasteiger partial charge is 0.325 e. The predicted molar refractivity (Wildman–Crippen MR) is 94.3 cm³/mol. The topological polar surface area (TPSA) is 73.2 Å². The summed E-state index contributed by atoms with van der Waals surface area (Å²) >= 11 is 12.0. The molecule has 0 heterocycles. The van der Waals surface area contributed by atoms with E-state index in [0.717, 1.165) is 0 Å². The molecule has 0 aromatic heterocycles. The van der Waals surface area contributed by atoms with Gasteiger partial charge in [-0.2, -0.15) is 5.26 Å². The Morgan fingerprint density at radius 1 is 1.17 bits per heavy atom. The van der Waals surface area contributed by atoms with Crippen molar-refractivity contribution < 1.29 is 9.59 Å². The van der Waals surface area contributed by atoms with E-state index in [1.165, 1.54) is 17.9 Å². The van der Waals surface area contributed by atoms with Crippen LogP contribution in [0.5, 0.6) is 0 Å². The SMILES string of the molecule is CC(=O)N(CC(=O)Nc1ccc(C#N)cc1)c1ccc(Cl)cc1Cl. The molecule has 0 fully saturated rings. The summed E-state index contributed by atoms with van der Waals surface area (Å²) in [5.74, 6) is -0.713. The molecule has 0 aliphatic heterocycles. The molecule has 122 valence electrons. The lowest BCUT2D eigenvalue weighted by Crippen LogP contribution is -2.36. The molecule has 0 saturated carbocycles. The molecule has 0 unspecified atom stereocenters. The van der Waals surface area contributed by atoms with Gasteiger partial charge in [0.05, 0.1) is 22.3 Å². The second-order valence-electron chi connectivity index (χ2n) is 4.94. The zero-order valence-corrected chi connectivity index (χ0v) is 14.2. The highest BCUT2D eigenvalue weighted by molar-refractivity contribution is 6.36. The Morgan fingerprint density at radius 2 is 1.83 bits per heavy atom. The Morgan fingerprint density at radius 3 is 2.38 bits per heavy atom. The molecule has 2 aromatic rings. The highest BCUT2D eigenvalue weighted by Gasteiger charge is 2.18. The smallest absolute Gasteiger partial charge is 0.244 e. The van der Waals surface area contributed by atoms with Gasteiger partial charge >= 0.3 is 0 Å². The first-order chi connectivity index (χ1) is 11.4. The summed E-state index contributed by atoms with van der Waals surface area (Å²) in [6.07, 6.45) is 0. The summed E-state index contributed by atoms with van der Waals surface area (Å²) in [6.45, 7) is 1.15. The van der Waals surface area contributed by atoms with Crippen LogP contribution >= 0.6 is 23.2 Å². The third-order valence-corrected chi connectivity index (χ3v) is 3.72. The molecule has 0 saturated heterocycles. The van der Waals surface area contributed by atoms with Crippen LogP contribution in [0.15, 0.2) is 42.5 Å². The molecule has 0 spiro atoms. The number of amides is 2. The first-order valence-corrected chi connectivity index (χ1v) is 7.69. The van der Waals surface area contributed by atoms with E-state index in [0.29, 0.717) is 22.0 Å². The van der Waals surface area contributed by atoms with Crippen molar-refractivity contribution in [3.63, 3.8) is 0 Å². The molecule has 2 rings (SSSR count). The maximum Gasteiger partial charge on any atom is 0.244 e. The van der Waals surface area contributed by atoms with Gasteiger partial charge in [-0.25, -0.2) is 0 Å². The maximum absolute atomic E-state index is 12.2.